The second kappa shape index (κ2) is 6.58. The lowest BCUT2D eigenvalue weighted by atomic mass is 9.83. The van der Waals surface area contributed by atoms with E-state index in [9.17, 15) is 8.42 Å². The second-order valence-electron chi connectivity index (χ2n) is 5.92. The van der Waals surface area contributed by atoms with Crippen LogP contribution >= 0.6 is 15.9 Å². The Labute approximate surface area is 130 Å². The molecule has 0 aliphatic heterocycles. The molecule has 2 atom stereocenters. The summed E-state index contributed by atoms with van der Waals surface area (Å²) in [7, 11) is -3.42. The average molecular weight is 360 g/mol. The van der Waals surface area contributed by atoms with Crippen molar-refractivity contribution in [3.8, 4) is 0 Å². The van der Waals surface area contributed by atoms with Gasteiger partial charge in [-0.05, 0) is 65.2 Å². The Balaban J connectivity index is 2.03. The van der Waals surface area contributed by atoms with Crippen molar-refractivity contribution in [3.63, 3.8) is 0 Å². The summed E-state index contributed by atoms with van der Waals surface area (Å²) >= 11 is 3.34. The van der Waals surface area contributed by atoms with Crippen LogP contribution in [0.5, 0.6) is 0 Å². The molecule has 5 heteroatoms. The van der Waals surface area contributed by atoms with Gasteiger partial charge in [-0.15, -0.1) is 0 Å². The van der Waals surface area contributed by atoms with Gasteiger partial charge in [0.25, 0.3) is 0 Å². The van der Waals surface area contributed by atoms with Crippen LogP contribution in [0.15, 0.2) is 27.6 Å². The van der Waals surface area contributed by atoms with Gasteiger partial charge in [-0.25, -0.2) is 13.1 Å². The fourth-order valence-electron chi connectivity index (χ4n) is 2.87. The standard InChI is InChI=1S/C15H22BrNO2S/c1-11-4-3-5-13(8-11)10-17-20(18,19)15-7-6-12(2)9-14(15)16/h6-7,9,11,13,17H,3-5,8,10H2,1-2H3. The Hall–Kier alpha value is -0.390. The van der Waals surface area contributed by atoms with Gasteiger partial charge in [0, 0.05) is 11.0 Å². The Bertz CT molecular complexity index is 571. The quantitative estimate of drug-likeness (QED) is 0.886. The third-order valence-electron chi connectivity index (χ3n) is 3.98. The highest BCUT2D eigenvalue weighted by Crippen LogP contribution is 2.29. The topological polar surface area (TPSA) is 46.2 Å². The highest BCUT2D eigenvalue weighted by molar-refractivity contribution is 9.10. The molecule has 0 heterocycles. The lowest BCUT2D eigenvalue weighted by Crippen LogP contribution is -2.31. The molecule has 0 bridgehead atoms. The molecule has 0 spiro atoms. The summed E-state index contributed by atoms with van der Waals surface area (Å²) in [6, 6.07) is 5.31. The van der Waals surface area contributed by atoms with Crippen LogP contribution in [0.3, 0.4) is 0 Å². The van der Waals surface area contributed by atoms with Gasteiger partial charge >= 0.3 is 0 Å². The summed E-state index contributed by atoms with van der Waals surface area (Å²) in [6.45, 7) is 4.74. The lowest BCUT2D eigenvalue weighted by Gasteiger charge is -2.26. The van der Waals surface area contributed by atoms with Crippen LogP contribution < -0.4 is 4.72 Å². The lowest BCUT2D eigenvalue weighted by molar-refractivity contribution is 0.283. The van der Waals surface area contributed by atoms with Crippen LogP contribution in [-0.4, -0.2) is 15.0 Å². The van der Waals surface area contributed by atoms with Crippen molar-refractivity contribution in [2.24, 2.45) is 11.8 Å². The van der Waals surface area contributed by atoms with Gasteiger partial charge in [0.2, 0.25) is 10.0 Å². The molecule has 1 saturated carbocycles. The number of hydrogen-bond acceptors (Lipinski definition) is 2. The van der Waals surface area contributed by atoms with Gasteiger partial charge < -0.3 is 0 Å². The highest BCUT2D eigenvalue weighted by Gasteiger charge is 2.22. The fraction of sp³-hybridized carbons (Fsp3) is 0.600. The Morgan fingerprint density at radius 1 is 1.35 bits per heavy atom. The van der Waals surface area contributed by atoms with Crippen molar-refractivity contribution in [1.29, 1.82) is 0 Å². The van der Waals surface area contributed by atoms with Crippen molar-refractivity contribution >= 4 is 26.0 Å². The summed E-state index contributed by atoms with van der Waals surface area (Å²) in [4.78, 5) is 0.326. The second-order valence-corrected chi connectivity index (χ2v) is 8.51. The van der Waals surface area contributed by atoms with Crippen LogP contribution in [0.4, 0.5) is 0 Å². The SMILES string of the molecule is Cc1ccc(S(=O)(=O)NCC2CCCC(C)C2)c(Br)c1. The maximum absolute atomic E-state index is 12.3. The van der Waals surface area contributed by atoms with E-state index in [1.807, 2.05) is 19.1 Å². The van der Waals surface area contributed by atoms with E-state index in [1.165, 1.54) is 12.8 Å². The van der Waals surface area contributed by atoms with Gasteiger partial charge in [-0.1, -0.05) is 25.8 Å². The van der Waals surface area contributed by atoms with Gasteiger partial charge in [0.05, 0.1) is 4.90 Å². The van der Waals surface area contributed by atoms with Crippen LogP contribution in [0.1, 0.15) is 38.2 Å². The van der Waals surface area contributed by atoms with Crippen molar-refractivity contribution < 1.29 is 8.42 Å². The molecule has 112 valence electrons. The van der Waals surface area contributed by atoms with Crippen molar-refractivity contribution in [3.05, 3.63) is 28.2 Å². The zero-order valence-electron chi connectivity index (χ0n) is 12.0. The molecule has 1 fully saturated rings. The highest BCUT2D eigenvalue weighted by atomic mass is 79.9. The summed E-state index contributed by atoms with van der Waals surface area (Å²) in [6.07, 6.45) is 4.73. The predicted octanol–water partition coefficient (Wildman–Crippen LogP) is 3.86. The van der Waals surface area contributed by atoms with Crippen LogP contribution in [0, 0.1) is 18.8 Å². The summed E-state index contributed by atoms with van der Waals surface area (Å²) < 4.78 is 28.1. The largest absolute Gasteiger partial charge is 0.241 e. The molecule has 1 aliphatic carbocycles. The number of aryl methyl sites for hydroxylation is 1. The molecule has 2 unspecified atom stereocenters. The molecule has 2 rings (SSSR count). The Morgan fingerprint density at radius 3 is 2.75 bits per heavy atom. The van der Waals surface area contributed by atoms with E-state index in [0.29, 0.717) is 27.7 Å². The fourth-order valence-corrected chi connectivity index (χ4v) is 5.18. The number of halogens is 1. The summed E-state index contributed by atoms with van der Waals surface area (Å²) in [5.41, 5.74) is 1.04. The molecule has 3 nitrogen and oxygen atoms in total. The van der Waals surface area contributed by atoms with Crippen LogP contribution in [0.25, 0.3) is 0 Å². The molecule has 1 N–H and O–H groups in total. The Morgan fingerprint density at radius 2 is 2.10 bits per heavy atom. The van der Waals surface area contributed by atoms with Gasteiger partial charge in [-0.2, -0.15) is 0 Å². The molecular formula is C15H22BrNO2S. The zero-order chi connectivity index (χ0) is 14.8. The van der Waals surface area contributed by atoms with Crippen molar-refractivity contribution in [1.82, 2.24) is 4.72 Å². The maximum atomic E-state index is 12.3. The minimum atomic E-state index is -3.42. The minimum absolute atomic E-state index is 0.326. The van der Waals surface area contributed by atoms with E-state index < -0.39 is 10.0 Å². The zero-order valence-corrected chi connectivity index (χ0v) is 14.4. The number of sulfonamides is 1. The molecule has 1 aliphatic rings. The minimum Gasteiger partial charge on any atom is -0.211 e. The molecule has 0 amide bonds. The van der Waals surface area contributed by atoms with Crippen LogP contribution in [-0.2, 0) is 10.0 Å². The van der Waals surface area contributed by atoms with E-state index in [0.717, 1.165) is 18.4 Å². The molecular weight excluding hydrogens is 338 g/mol. The molecule has 0 saturated heterocycles. The first-order chi connectivity index (χ1) is 9.38. The molecule has 1 aromatic rings. The van der Waals surface area contributed by atoms with E-state index >= 15 is 0 Å². The van der Waals surface area contributed by atoms with Crippen molar-refractivity contribution in [2.75, 3.05) is 6.54 Å². The van der Waals surface area contributed by atoms with Crippen molar-refractivity contribution in [2.45, 2.75) is 44.4 Å². The van der Waals surface area contributed by atoms with Gasteiger partial charge in [-0.3, -0.25) is 0 Å². The monoisotopic (exact) mass is 359 g/mol. The third kappa shape index (κ3) is 4.06. The molecule has 1 aromatic carbocycles. The number of rotatable bonds is 4. The van der Waals surface area contributed by atoms with Crippen LogP contribution in [0.2, 0.25) is 0 Å². The van der Waals surface area contributed by atoms with E-state index in [1.54, 1.807) is 6.07 Å². The first-order valence-corrected chi connectivity index (χ1v) is 9.42. The van der Waals surface area contributed by atoms with Gasteiger partial charge in [0.15, 0.2) is 0 Å². The van der Waals surface area contributed by atoms with E-state index in [-0.39, 0.29) is 0 Å². The number of hydrogen-bond donors (Lipinski definition) is 1. The first kappa shape index (κ1) is 16.0. The molecule has 20 heavy (non-hydrogen) atoms. The average Bonchev–Trinajstić information content (AvgIpc) is 2.36. The summed E-state index contributed by atoms with van der Waals surface area (Å²) in [5, 5.41) is 0. The third-order valence-corrected chi connectivity index (χ3v) is 6.38. The number of benzene rings is 1. The van der Waals surface area contributed by atoms with Gasteiger partial charge in [0.1, 0.15) is 0 Å². The van der Waals surface area contributed by atoms with E-state index in [2.05, 4.69) is 27.6 Å². The summed E-state index contributed by atoms with van der Waals surface area (Å²) in [5.74, 6) is 1.18. The smallest absolute Gasteiger partial charge is 0.211 e. The molecule has 0 radical (unpaired) electrons. The predicted molar refractivity (Wildman–Crippen MR) is 85.2 cm³/mol. The Kier molecular flexibility index (Phi) is 5.26. The normalized spacial score (nSPS) is 23.8. The first-order valence-electron chi connectivity index (χ1n) is 7.14. The number of nitrogens with one attached hydrogen (secondary N) is 1. The maximum Gasteiger partial charge on any atom is 0.241 e. The molecule has 0 aromatic heterocycles. The van der Waals surface area contributed by atoms with E-state index in [4.69, 9.17) is 0 Å².